The molecule has 0 spiro atoms. The van der Waals surface area contributed by atoms with Gasteiger partial charge in [0.25, 0.3) is 5.91 Å². The molecule has 3 aromatic rings. The molecule has 1 saturated heterocycles. The van der Waals surface area contributed by atoms with Gasteiger partial charge in [0.05, 0.1) is 6.54 Å². The Bertz CT molecular complexity index is 1280. The maximum atomic E-state index is 12.9. The fraction of sp³-hybridized carbons (Fsp3) is 0.167. The van der Waals surface area contributed by atoms with Crippen LogP contribution in [0.25, 0.3) is 11.8 Å². The summed E-state index contributed by atoms with van der Waals surface area (Å²) in [6.07, 6.45) is 1.72. The Hall–Kier alpha value is -3.71. The number of halogens is 1. The predicted octanol–water partition coefficient (Wildman–Crippen LogP) is 4.57. The molecule has 0 saturated carbocycles. The molecule has 0 unspecified atom stereocenters. The highest BCUT2D eigenvalue weighted by molar-refractivity contribution is 6.30. The molecule has 3 heterocycles. The number of fused-ring (bicyclic) bond motifs is 1. The first kappa shape index (κ1) is 20.2. The van der Waals surface area contributed by atoms with Gasteiger partial charge in [-0.2, -0.15) is 0 Å². The molecule has 162 valence electrons. The van der Waals surface area contributed by atoms with Crippen molar-refractivity contribution in [2.75, 3.05) is 6.79 Å². The van der Waals surface area contributed by atoms with E-state index in [0.717, 1.165) is 34.0 Å². The van der Waals surface area contributed by atoms with Crippen LogP contribution < -0.4 is 14.8 Å². The lowest BCUT2D eigenvalue weighted by molar-refractivity contribution is -0.123. The van der Waals surface area contributed by atoms with E-state index in [4.69, 9.17) is 21.1 Å². The summed E-state index contributed by atoms with van der Waals surface area (Å²) >= 11 is 5.92. The van der Waals surface area contributed by atoms with Gasteiger partial charge in [0.15, 0.2) is 11.5 Å². The number of carbonyl (C=O) groups is 2. The zero-order valence-corrected chi connectivity index (χ0v) is 18.3. The molecule has 2 aliphatic heterocycles. The highest BCUT2D eigenvalue weighted by atomic mass is 35.5. The summed E-state index contributed by atoms with van der Waals surface area (Å²) < 4.78 is 13.0. The smallest absolute Gasteiger partial charge is 0.329 e. The van der Waals surface area contributed by atoms with Crippen LogP contribution in [0.1, 0.15) is 22.5 Å². The van der Waals surface area contributed by atoms with Crippen LogP contribution in [0, 0.1) is 13.8 Å². The third-order valence-corrected chi connectivity index (χ3v) is 5.85. The third-order valence-electron chi connectivity index (χ3n) is 5.60. The molecule has 1 aromatic heterocycles. The second-order valence-corrected chi connectivity index (χ2v) is 8.14. The van der Waals surface area contributed by atoms with Gasteiger partial charge in [-0.1, -0.05) is 23.7 Å². The minimum atomic E-state index is -0.444. The molecule has 1 fully saturated rings. The number of ether oxygens (including phenoxy) is 2. The van der Waals surface area contributed by atoms with Gasteiger partial charge < -0.3 is 19.4 Å². The van der Waals surface area contributed by atoms with E-state index >= 15 is 0 Å². The van der Waals surface area contributed by atoms with Crippen molar-refractivity contribution in [1.82, 2.24) is 14.8 Å². The first-order chi connectivity index (χ1) is 15.4. The number of urea groups is 1. The summed E-state index contributed by atoms with van der Waals surface area (Å²) in [5.41, 5.74) is 4.77. The minimum Gasteiger partial charge on any atom is -0.454 e. The molecule has 5 rings (SSSR count). The largest absolute Gasteiger partial charge is 0.454 e. The van der Waals surface area contributed by atoms with Gasteiger partial charge in [-0.25, -0.2) is 4.79 Å². The van der Waals surface area contributed by atoms with E-state index in [0.29, 0.717) is 10.8 Å². The number of aromatic nitrogens is 1. The average molecular weight is 450 g/mol. The van der Waals surface area contributed by atoms with Gasteiger partial charge >= 0.3 is 6.03 Å². The molecule has 0 atom stereocenters. The zero-order valence-electron chi connectivity index (χ0n) is 17.5. The molecule has 3 amide bonds. The van der Waals surface area contributed by atoms with Gasteiger partial charge in [0.2, 0.25) is 6.79 Å². The topological polar surface area (TPSA) is 72.8 Å². The first-order valence-electron chi connectivity index (χ1n) is 10.1. The molecule has 32 heavy (non-hydrogen) atoms. The SMILES string of the molecule is Cc1cc(/C=C2/NC(=O)N(Cc3ccc(Cl)cc3)C2=O)c(C)n1-c1ccc2c(c1)OCO2. The summed E-state index contributed by atoms with van der Waals surface area (Å²) in [4.78, 5) is 26.5. The molecule has 2 aromatic carbocycles. The van der Waals surface area contributed by atoms with Gasteiger partial charge in [0, 0.05) is 28.2 Å². The molecule has 7 nitrogen and oxygen atoms in total. The van der Waals surface area contributed by atoms with Crippen LogP contribution in [-0.4, -0.2) is 28.2 Å². The highest BCUT2D eigenvalue weighted by Crippen LogP contribution is 2.35. The quantitative estimate of drug-likeness (QED) is 0.468. The number of carbonyl (C=O) groups excluding carboxylic acids is 2. The second-order valence-electron chi connectivity index (χ2n) is 7.71. The van der Waals surface area contributed by atoms with Crippen LogP contribution in [0.3, 0.4) is 0 Å². The van der Waals surface area contributed by atoms with Crippen molar-refractivity contribution in [2.45, 2.75) is 20.4 Å². The minimum absolute atomic E-state index is 0.176. The Kier molecular flexibility index (Phi) is 4.90. The number of nitrogens with one attached hydrogen (secondary N) is 1. The zero-order chi connectivity index (χ0) is 22.4. The van der Waals surface area contributed by atoms with Gasteiger partial charge in [-0.05, 0) is 61.4 Å². The summed E-state index contributed by atoms with van der Waals surface area (Å²) in [6.45, 7) is 4.35. The standard InChI is InChI=1S/C24H20ClN3O4/c1-14-9-17(15(2)28(14)19-7-8-21-22(11-19)32-13-31-21)10-20-23(29)27(24(30)26-20)12-16-3-5-18(25)6-4-16/h3-11H,12-13H2,1-2H3,(H,26,30)/b20-10+. The van der Waals surface area contributed by atoms with Crippen molar-refractivity contribution < 1.29 is 19.1 Å². The van der Waals surface area contributed by atoms with E-state index in [2.05, 4.69) is 9.88 Å². The van der Waals surface area contributed by atoms with E-state index in [1.54, 1.807) is 30.3 Å². The third kappa shape index (κ3) is 3.50. The van der Waals surface area contributed by atoms with E-state index in [1.807, 2.05) is 38.1 Å². The lowest BCUT2D eigenvalue weighted by atomic mass is 10.2. The summed E-state index contributed by atoms with van der Waals surface area (Å²) in [5, 5.41) is 3.29. The molecular weight excluding hydrogens is 430 g/mol. The Balaban J connectivity index is 1.43. The van der Waals surface area contributed by atoms with E-state index < -0.39 is 6.03 Å². The number of amides is 3. The van der Waals surface area contributed by atoms with Crippen LogP contribution in [0.15, 0.2) is 54.2 Å². The van der Waals surface area contributed by atoms with E-state index in [1.165, 1.54) is 4.90 Å². The maximum Gasteiger partial charge on any atom is 0.329 e. The van der Waals surface area contributed by atoms with Crippen LogP contribution in [0.5, 0.6) is 11.5 Å². The van der Waals surface area contributed by atoms with Crippen molar-refractivity contribution in [3.8, 4) is 17.2 Å². The van der Waals surface area contributed by atoms with Gasteiger partial charge in [-0.3, -0.25) is 9.69 Å². The van der Waals surface area contributed by atoms with Crippen molar-refractivity contribution in [3.63, 3.8) is 0 Å². The molecule has 0 aliphatic carbocycles. The van der Waals surface area contributed by atoms with E-state index in [9.17, 15) is 9.59 Å². The highest BCUT2D eigenvalue weighted by Gasteiger charge is 2.33. The van der Waals surface area contributed by atoms with Crippen LogP contribution in [-0.2, 0) is 11.3 Å². The number of hydrogen-bond donors (Lipinski definition) is 1. The Morgan fingerprint density at radius 3 is 2.56 bits per heavy atom. The summed E-state index contributed by atoms with van der Waals surface area (Å²) in [5.74, 6) is 1.06. The fourth-order valence-electron chi connectivity index (χ4n) is 4.00. The van der Waals surface area contributed by atoms with Gasteiger partial charge in [-0.15, -0.1) is 0 Å². The summed E-state index contributed by atoms with van der Waals surface area (Å²) in [7, 11) is 0. The van der Waals surface area contributed by atoms with Crippen molar-refractivity contribution >= 4 is 29.6 Å². The molecular formula is C24H20ClN3O4. The van der Waals surface area contributed by atoms with E-state index in [-0.39, 0.29) is 24.9 Å². The molecule has 0 radical (unpaired) electrons. The predicted molar refractivity (Wildman–Crippen MR) is 120 cm³/mol. The normalized spacial score (nSPS) is 16.2. The number of nitrogens with zero attached hydrogens (tertiary/aromatic N) is 2. The van der Waals surface area contributed by atoms with Crippen molar-refractivity contribution in [3.05, 3.63) is 81.8 Å². The molecule has 1 N–H and O–H groups in total. The summed E-state index contributed by atoms with van der Waals surface area (Å²) in [6, 6.07) is 14.4. The number of hydrogen-bond acceptors (Lipinski definition) is 4. The van der Waals surface area contributed by atoms with Crippen LogP contribution >= 0.6 is 11.6 Å². The van der Waals surface area contributed by atoms with Crippen molar-refractivity contribution in [2.24, 2.45) is 0 Å². The van der Waals surface area contributed by atoms with Gasteiger partial charge in [0.1, 0.15) is 5.70 Å². The monoisotopic (exact) mass is 449 g/mol. The number of aryl methyl sites for hydroxylation is 1. The maximum absolute atomic E-state index is 12.9. The average Bonchev–Trinajstić information content (AvgIpc) is 3.42. The van der Waals surface area contributed by atoms with Crippen molar-refractivity contribution in [1.29, 1.82) is 0 Å². The Morgan fingerprint density at radius 2 is 1.78 bits per heavy atom. The molecule has 2 aliphatic rings. The lowest BCUT2D eigenvalue weighted by Gasteiger charge is -2.11. The Morgan fingerprint density at radius 1 is 1.03 bits per heavy atom. The number of imide groups is 1. The number of benzene rings is 2. The van der Waals surface area contributed by atoms with Crippen LogP contribution in [0.2, 0.25) is 5.02 Å². The molecule has 0 bridgehead atoms. The molecule has 8 heteroatoms. The lowest BCUT2D eigenvalue weighted by Crippen LogP contribution is -2.30. The first-order valence-corrected chi connectivity index (χ1v) is 10.5. The number of rotatable bonds is 4. The van der Waals surface area contributed by atoms with Crippen LogP contribution in [0.4, 0.5) is 4.79 Å². The Labute approximate surface area is 189 Å². The fourth-order valence-corrected chi connectivity index (χ4v) is 4.12. The second kappa shape index (κ2) is 7.76.